The van der Waals surface area contributed by atoms with E-state index in [9.17, 15) is 18.0 Å². The summed E-state index contributed by atoms with van der Waals surface area (Å²) in [5.41, 5.74) is 0.764. The van der Waals surface area contributed by atoms with Crippen LogP contribution in [0.25, 0.3) is 0 Å². The Kier molecular flexibility index (Phi) is 4.31. The average Bonchev–Trinajstić information content (AvgIpc) is 2.84. The van der Waals surface area contributed by atoms with Crippen LogP contribution in [0.15, 0.2) is 71.6 Å². The molecule has 0 radical (unpaired) electrons. The lowest BCUT2D eigenvalue weighted by Gasteiger charge is -2.10. The van der Waals surface area contributed by atoms with Gasteiger partial charge in [-0.2, -0.15) is 0 Å². The van der Waals surface area contributed by atoms with E-state index in [1.807, 2.05) is 0 Å². The van der Waals surface area contributed by atoms with Crippen molar-refractivity contribution in [1.82, 2.24) is 4.90 Å². The van der Waals surface area contributed by atoms with E-state index in [1.165, 1.54) is 24.3 Å². The lowest BCUT2D eigenvalue weighted by molar-refractivity contribution is 0.0672. The van der Waals surface area contributed by atoms with Gasteiger partial charge in [0.25, 0.3) is 11.8 Å². The Hall–Kier alpha value is -2.73. The molecule has 0 fully saturated rings. The summed E-state index contributed by atoms with van der Waals surface area (Å²) in [6.45, 7) is 0.0522. The van der Waals surface area contributed by atoms with Gasteiger partial charge in [-0.05, 0) is 24.3 Å². The normalized spacial score (nSPS) is 14.4. The maximum absolute atomic E-state index is 12.2. The molecule has 3 rings (SSSR count). The van der Waals surface area contributed by atoms with E-state index < -0.39 is 9.84 Å². The zero-order valence-corrected chi connectivity index (χ0v) is 13.6. The molecule has 2 amide bonds. The van der Waals surface area contributed by atoms with Crippen LogP contribution in [0.3, 0.4) is 0 Å². The molecule has 0 aromatic heterocycles. The fourth-order valence-corrected chi connectivity index (χ4v) is 3.66. The molecular weight excluding hydrogens is 326 g/mol. The maximum Gasteiger partial charge on any atom is 0.261 e. The first-order valence-corrected chi connectivity index (χ1v) is 9.04. The Balaban J connectivity index is 1.66. The standard InChI is InChI=1S/C18H15NO4S/c20-17-15-10-4-5-11-16(15)18(21)19(17)12-6-7-13-24(22,23)14-8-2-1-3-9-14/h1-11H,12-13H2. The summed E-state index contributed by atoms with van der Waals surface area (Å²) in [6.07, 6.45) is 2.99. The Bertz CT molecular complexity index is 882. The predicted octanol–water partition coefficient (Wildman–Crippen LogP) is 2.31. The Labute approximate surface area is 140 Å². The molecule has 0 atom stereocenters. The first kappa shape index (κ1) is 16.1. The van der Waals surface area contributed by atoms with Gasteiger partial charge in [-0.25, -0.2) is 8.42 Å². The van der Waals surface area contributed by atoms with Gasteiger partial charge in [0.15, 0.2) is 9.84 Å². The molecule has 0 saturated carbocycles. The number of rotatable bonds is 5. The highest BCUT2D eigenvalue weighted by Crippen LogP contribution is 2.22. The first-order chi connectivity index (χ1) is 11.5. The molecule has 6 heteroatoms. The summed E-state index contributed by atoms with van der Waals surface area (Å²) in [5, 5.41) is 0. The molecule has 2 aromatic carbocycles. The van der Waals surface area contributed by atoms with Crippen LogP contribution >= 0.6 is 0 Å². The minimum Gasteiger partial charge on any atom is -0.270 e. The summed E-state index contributed by atoms with van der Waals surface area (Å²) in [5.74, 6) is -0.891. The van der Waals surface area contributed by atoms with Crippen molar-refractivity contribution in [2.24, 2.45) is 0 Å². The van der Waals surface area contributed by atoms with Gasteiger partial charge in [-0.1, -0.05) is 42.5 Å². The number of benzene rings is 2. The Morgan fingerprint density at radius 2 is 1.33 bits per heavy atom. The number of imide groups is 1. The Morgan fingerprint density at radius 1 is 0.792 bits per heavy atom. The van der Waals surface area contributed by atoms with Gasteiger partial charge < -0.3 is 0 Å². The van der Waals surface area contributed by atoms with E-state index in [2.05, 4.69) is 0 Å². The molecule has 1 heterocycles. The minimum atomic E-state index is -3.41. The second-order valence-electron chi connectivity index (χ2n) is 5.33. The summed E-state index contributed by atoms with van der Waals surface area (Å²) in [6, 6.07) is 14.8. The maximum atomic E-state index is 12.2. The van der Waals surface area contributed by atoms with Crippen LogP contribution in [-0.2, 0) is 9.84 Å². The van der Waals surface area contributed by atoms with Gasteiger partial charge in [0.1, 0.15) is 0 Å². The molecule has 0 N–H and O–H groups in total. The van der Waals surface area contributed by atoms with Crippen LogP contribution in [0.2, 0.25) is 0 Å². The van der Waals surface area contributed by atoms with Crippen LogP contribution in [0.4, 0.5) is 0 Å². The van der Waals surface area contributed by atoms with E-state index in [0.29, 0.717) is 11.1 Å². The second-order valence-corrected chi connectivity index (χ2v) is 7.37. The zero-order valence-electron chi connectivity index (χ0n) is 12.8. The average molecular weight is 341 g/mol. The van der Waals surface area contributed by atoms with Crippen molar-refractivity contribution in [2.45, 2.75) is 4.90 Å². The Morgan fingerprint density at radius 3 is 1.92 bits per heavy atom. The topological polar surface area (TPSA) is 71.5 Å². The molecule has 5 nitrogen and oxygen atoms in total. The molecule has 0 saturated heterocycles. The number of nitrogens with zero attached hydrogens (tertiary/aromatic N) is 1. The van der Waals surface area contributed by atoms with Crippen molar-refractivity contribution in [3.05, 3.63) is 77.9 Å². The number of fused-ring (bicyclic) bond motifs is 1. The van der Waals surface area contributed by atoms with E-state index >= 15 is 0 Å². The third-order valence-electron chi connectivity index (χ3n) is 3.75. The fraction of sp³-hybridized carbons (Fsp3) is 0.111. The number of hydrogen-bond acceptors (Lipinski definition) is 4. The molecule has 2 aromatic rings. The smallest absolute Gasteiger partial charge is 0.261 e. The third-order valence-corrected chi connectivity index (χ3v) is 5.37. The molecule has 0 unspecified atom stereocenters. The SMILES string of the molecule is O=C1c2ccccc2C(=O)N1CC=CCS(=O)(=O)c1ccccc1. The monoisotopic (exact) mass is 341 g/mol. The highest BCUT2D eigenvalue weighted by molar-refractivity contribution is 7.91. The van der Waals surface area contributed by atoms with Crippen LogP contribution in [0.5, 0.6) is 0 Å². The molecule has 0 bridgehead atoms. The molecule has 0 aliphatic carbocycles. The second kappa shape index (κ2) is 6.41. The highest BCUT2D eigenvalue weighted by atomic mass is 32.2. The van der Waals surface area contributed by atoms with Crippen molar-refractivity contribution < 1.29 is 18.0 Å². The number of carbonyl (C=O) groups is 2. The van der Waals surface area contributed by atoms with Gasteiger partial charge in [0.2, 0.25) is 0 Å². The minimum absolute atomic E-state index is 0.0522. The fourth-order valence-electron chi connectivity index (χ4n) is 2.50. The van der Waals surface area contributed by atoms with Gasteiger partial charge in [0.05, 0.1) is 21.8 Å². The molecule has 1 aliphatic rings. The summed E-state index contributed by atoms with van der Waals surface area (Å²) in [4.78, 5) is 25.7. The number of sulfone groups is 1. The van der Waals surface area contributed by atoms with Gasteiger partial charge in [0, 0.05) is 6.54 Å². The summed E-state index contributed by atoms with van der Waals surface area (Å²) in [7, 11) is -3.41. The summed E-state index contributed by atoms with van der Waals surface area (Å²) < 4.78 is 24.3. The quantitative estimate of drug-likeness (QED) is 0.618. The molecule has 1 aliphatic heterocycles. The van der Waals surface area contributed by atoms with Gasteiger partial charge in [-0.3, -0.25) is 14.5 Å². The van der Waals surface area contributed by atoms with E-state index in [0.717, 1.165) is 4.90 Å². The third kappa shape index (κ3) is 3.00. The van der Waals surface area contributed by atoms with Crippen molar-refractivity contribution in [3.8, 4) is 0 Å². The number of hydrogen-bond donors (Lipinski definition) is 0. The molecular formula is C18H15NO4S. The lowest BCUT2D eigenvalue weighted by atomic mass is 10.1. The molecule has 0 spiro atoms. The van der Waals surface area contributed by atoms with Crippen LogP contribution in [-0.4, -0.2) is 37.4 Å². The number of carbonyl (C=O) groups excluding carboxylic acids is 2. The van der Waals surface area contributed by atoms with Crippen LogP contribution < -0.4 is 0 Å². The van der Waals surface area contributed by atoms with E-state index in [1.54, 1.807) is 42.5 Å². The largest absolute Gasteiger partial charge is 0.270 e. The molecule has 24 heavy (non-hydrogen) atoms. The van der Waals surface area contributed by atoms with Crippen LogP contribution in [0, 0.1) is 0 Å². The number of amides is 2. The van der Waals surface area contributed by atoms with Crippen molar-refractivity contribution in [2.75, 3.05) is 12.3 Å². The van der Waals surface area contributed by atoms with Gasteiger partial charge in [-0.15, -0.1) is 0 Å². The van der Waals surface area contributed by atoms with E-state index in [-0.39, 0.29) is 29.0 Å². The van der Waals surface area contributed by atoms with Crippen molar-refractivity contribution in [3.63, 3.8) is 0 Å². The van der Waals surface area contributed by atoms with Gasteiger partial charge >= 0.3 is 0 Å². The summed E-state index contributed by atoms with van der Waals surface area (Å²) >= 11 is 0. The first-order valence-electron chi connectivity index (χ1n) is 7.39. The van der Waals surface area contributed by atoms with Crippen LogP contribution in [0.1, 0.15) is 20.7 Å². The highest BCUT2D eigenvalue weighted by Gasteiger charge is 2.34. The van der Waals surface area contributed by atoms with Crippen molar-refractivity contribution >= 4 is 21.7 Å². The predicted molar refractivity (Wildman–Crippen MR) is 89.4 cm³/mol. The lowest BCUT2D eigenvalue weighted by Crippen LogP contribution is -2.29. The van der Waals surface area contributed by atoms with Crippen molar-refractivity contribution in [1.29, 1.82) is 0 Å². The van der Waals surface area contributed by atoms with E-state index in [4.69, 9.17) is 0 Å². The molecule has 122 valence electrons. The zero-order chi connectivity index (χ0) is 17.2.